The highest BCUT2D eigenvalue weighted by molar-refractivity contribution is 6.00. The van der Waals surface area contributed by atoms with Crippen LogP contribution in [0.4, 0.5) is 8.78 Å². The van der Waals surface area contributed by atoms with Crippen molar-refractivity contribution < 1.29 is 32.6 Å². The molecule has 2 aromatic rings. The van der Waals surface area contributed by atoms with Crippen molar-refractivity contribution >= 4 is 11.8 Å². The van der Waals surface area contributed by atoms with Crippen molar-refractivity contribution in [3.63, 3.8) is 0 Å². The zero-order chi connectivity index (χ0) is 19.3. The van der Waals surface area contributed by atoms with Gasteiger partial charge in [0.05, 0.1) is 12.7 Å². The number of halogens is 2. The molecule has 0 N–H and O–H groups in total. The average Bonchev–Trinajstić information content (AvgIpc) is 2.61. The molecule has 0 bridgehead atoms. The Morgan fingerprint density at radius 1 is 1.04 bits per heavy atom. The first-order valence-electron chi connectivity index (χ1n) is 7.72. The van der Waals surface area contributed by atoms with Crippen molar-refractivity contribution in [1.29, 1.82) is 0 Å². The molecule has 0 saturated carbocycles. The molecule has 138 valence electrons. The van der Waals surface area contributed by atoms with E-state index in [-0.39, 0.29) is 22.8 Å². The zero-order valence-corrected chi connectivity index (χ0v) is 14.5. The largest absolute Gasteiger partial charge is 0.493 e. The molecule has 0 saturated heterocycles. The van der Waals surface area contributed by atoms with Crippen LogP contribution in [0.15, 0.2) is 36.4 Å². The number of esters is 1. The second-order valence-corrected chi connectivity index (χ2v) is 5.56. The van der Waals surface area contributed by atoms with Crippen molar-refractivity contribution in [2.45, 2.75) is 20.5 Å². The second kappa shape index (κ2) is 8.42. The minimum Gasteiger partial charge on any atom is -0.493 e. The van der Waals surface area contributed by atoms with E-state index in [1.165, 1.54) is 25.3 Å². The van der Waals surface area contributed by atoms with Gasteiger partial charge in [0.2, 0.25) is 5.78 Å². The van der Waals surface area contributed by atoms with E-state index in [4.69, 9.17) is 9.47 Å². The van der Waals surface area contributed by atoms with E-state index < -0.39 is 19.2 Å². The maximum absolute atomic E-state index is 12.3. The van der Waals surface area contributed by atoms with E-state index >= 15 is 0 Å². The minimum atomic E-state index is -3.02. The predicted octanol–water partition coefficient (Wildman–Crippen LogP) is 3.95. The lowest BCUT2D eigenvalue weighted by molar-refractivity contribution is -0.0512. The van der Waals surface area contributed by atoms with Gasteiger partial charge in [-0.25, -0.2) is 4.79 Å². The SMILES string of the molecule is COc1cc(C(=O)OCC(=O)c2cc(C)ccc2C)ccc1OC(F)F. The number of hydrogen-bond donors (Lipinski definition) is 0. The van der Waals surface area contributed by atoms with Crippen LogP contribution in [0.25, 0.3) is 0 Å². The van der Waals surface area contributed by atoms with Crippen LogP contribution in [-0.4, -0.2) is 32.1 Å². The molecule has 0 aromatic heterocycles. The number of aryl methyl sites for hydroxylation is 2. The molecule has 2 rings (SSSR count). The Hall–Kier alpha value is -2.96. The van der Waals surface area contributed by atoms with Gasteiger partial charge in [-0.1, -0.05) is 17.7 Å². The third kappa shape index (κ3) is 4.78. The lowest BCUT2D eigenvalue weighted by atomic mass is 10.0. The van der Waals surface area contributed by atoms with Crippen LogP contribution in [0.2, 0.25) is 0 Å². The number of methoxy groups -OCH3 is 1. The fourth-order valence-electron chi connectivity index (χ4n) is 2.32. The van der Waals surface area contributed by atoms with Gasteiger partial charge in [-0.3, -0.25) is 4.79 Å². The molecule has 0 amide bonds. The number of ketones is 1. The summed E-state index contributed by atoms with van der Waals surface area (Å²) >= 11 is 0. The number of hydrogen-bond acceptors (Lipinski definition) is 5. The maximum atomic E-state index is 12.3. The molecule has 0 radical (unpaired) electrons. The summed E-state index contributed by atoms with van der Waals surface area (Å²) in [7, 11) is 1.26. The Labute approximate surface area is 149 Å². The Kier molecular flexibility index (Phi) is 6.27. The van der Waals surface area contributed by atoms with Gasteiger partial charge in [-0.2, -0.15) is 8.78 Å². The minimum absolute atomic E-state index is 0.0411. The summed E-state index contributed by atoms with van der Waals surface area (Å²) in [4.78, 5) is 24.4. The first-order valence-corrected chi connectivity index (χ1v) is 7.72. The Morgan fingerprint density at radius 2 is 1.77 bits per heavy atom. The fourth-order valence-corrected chi connectivity index (χ4v) is 2.32. The third-order valence-corrected chi connectivity index (χ3v) is 3.64. The number of rotatable bonds is 7. The molecule has 26 heavy (non-hydrogen) atoms. The molecule has 2 aromatic carbocycles. The molecule has 0 heterocycles. The zero-order valence-electron chi connectivity index (χ0n) is 14.5. The fraction of sp³-hybridized carbons (Fsp3) is 0.263. The van der Waals surface area contributed by atoms with E-state index in [0.717, 1.165) is 11.1 Å². The topological polar surface area (TPSA) is 61.8 Å². The highest BCUT2D eigenvalue weighted by Crippen LogP contribution is 2.29. The average molecular weight is 364 g/mol. The van der Waals surface area contributed by atoms with E-state index in [1.54, 1.807) is 13.0 Å². The Balaban J connectivity index is 2.07. The summed E-state index contributed by atoms with van der Waals surface area (Å²) in [5.74, 6) is -1.35. The number of alkyl halides is 2. The second-order valence-electron chi connectivity index (χ2n) is 5.56. The number of ether oxygens (including phenoxy) is 3. The number of benzene rings is 2. The van der Waals surface area contributed by atoms with Crippen LogP contribution in [0.1, 0.15) is 31.8 Å². The van der Waals surface area contributed by atoms with Crippen molar-refractivity contribution in [3.8, 4) is 11.5 Å². The summed E-state index contributed by atoms with van der Waals surface area (Å²) in [6, 6.07) is 9.07. The van der Waals surface area contributed by atoms with Gasteiger partial charge in [0.1, 0.15) is 0 Å². The van der Waals surface area contributed by atoms with Crippen LogP contribution >= 0.6 is 0 Å². The van der Waals surface area contributed by atoms with Gasteiger partial charge in [0.15, 0.2) is 18.1 Å². The Bertz CT molecular complexity index is 818. The normalized spacial score (nSPS) is 10.5. The molecule has 0 unspecified atom stereocenters. The van der Waals surface area contributed by atoms with Gasteiger partial charge in [-0.15, -0.1) is 0 Å². The van der Waals surface area contributed by atoms with E-state index in [9.17, 15) is 18.4 Å². The smallest absolute Gasteiger partial charge is 0.387 e. The lowest BCUT2D eigenvalue weighted by Crippen LogP contribution is -2.15. The molecular weight excluding hydrogens is 346 g/mol. The van der Waals surface area contributed by atoms with Gasteiger partial charge in [0, 0.05) is 5.56 Å². The predicted molar refractivity (Wildman–Crippen MR) is 90.2 cm³/mol. The summed E-state index contributed by atoms with van der Waals surface area (Å²) < 4.78 is 38.9. The first kappa shape index (κ1) is 19.4. The van der Waals surface area contributed by atoms with Crippen molar-refractivity contribution in [2.75, 3.05) is 13.7 Å². The van der Waals surface area contributed by atoms with E-state index in [2.05, 4.69) is 4.74 Å². The summed E-state index contributed by atoms with van der Waals surface area (Å²) in [6.07, 6.45) is 0. The standard InChI is InChI=1S/C19H18F2O5/c1-11-4-5-12(2)14(8-11)15(22)10-25-18(23)13-6-7-16(26-19(20)21)17(9-13)24-3/h4-9,19H,10H2,1-3H3. The molecule has 0 aliphatic rings. The maximum Gasteiger partial charge on any atom is 0.387 e. The molecule has 7 heteroatoms. The number of carbonyl (C=O) groups is 2. The quantitative estimate of drug-likeness (QED) is 0.550. The molecule has 0 atom stereocenters. The van der Waals surface area contributed by atoms with Crippen molar-refractivity contribution in [2.24, 2.45) is 0 Å². The summed E-state index contributed by atoms with van der Waals surface area (Å²) in [5, 5.41) is 0. The van der Waals surface area contributed by atoms with Gasteiger partial charge >= 0.3 is 12.6 Å². The summed E-state index contributed by atoms with van der Waals surface area (Å²) in [6.45, 7) is 0.205. The van der Waals surface area contributed by atoms with Crippen LogP contribution in [-0.2, 0) is 4.74 Å². The first-order chi connectivity index (χ1) is 12.3. The van der Waals surface area contributed by atoms with E-state index in [1.807, 2.05) is 19.1 Å². The van der Waals surface area contributed by atoms with Crippen LogP contribution in [0.5, 0.6) is 11.5 Å². The third-order valence-electron chi connectivity index (χ3n) is 3.64. The highest BCUT2D eigenvalue weighted by Gasteiger charge is 2.17. The van der Waals surface area contributed by atoms with E-state index in [0.29, 0.717) is 5.56 Å². The van der Waals surface area contributed by atoms with Crippen LogP contribution in [0, 0.1) is 13.8 Å². The molecule has 5 nitrogen and oxygen atoms in total. The van der Waals surface area contributed by atoms with Crippen molar-refractivity contribution in [1.82, 2.24) is 0 Å². The van der Waals surface area contributed by atoms with Gasteiger partial charge in [0.25, 0.3) is 0 Å². The molecule has 0 fully saturated rings. The summed E-state index contributed by atoms with van der Waals surface area (Å²) in [5.41, 5.74) is 2.24. The number of carbonyl (C=O) groups excluding carboxylic acids is 2. The van der Waals surface area contributed by atoms with Crippen molar-refractivity contribution in [3.05, 3.63) is 58.7 Å². The highest BCUT2D eigenvalue weighted by atomic mass is 19.3. The number of Topliss-reactive ketones (excluding diaryl/α,β-unsaturated/α-hetero) is 1. The van der Waals surface area contributed by atoms with Crippen LogP contribution in [0.3, 0.4) is 0 Å². The molecular formula is C19H18F2O5. The lowest BCUT2D eigenvalue weighted by Gasteiger charge is -2.11. The molecule has 0 spiro atoms. The monoisotopic (exact) mass is 364 g/mol. The molecule has 0 aliphatic heterocycles. The van der Waals surface area contributed by atoms with Gasteiger partial charge in [-0.05, 0) is 43.7 Å². The Morgan fingerprint density at radius 3 is 2.42 bits per heavy atom. The van der Waals surface area contributed by atoms with Crippen LogP contribution < -0.4 is 9.47 Å². The van der Waals surface area contributed by atoms with Gasteiger partial charge < -0.3 is 14.2 Å². The molecule has 0 aliphatic carbocycles.